The van der Waals surface area contributed by atoms with Gasteiger partial charge in [0.05, 0.1) is 5.41 Å². The Morgan fingerprint density at radius 2 is 2.13 bits per heavy atom. The molecule has 0 bridgehead atoms. The second kappa shape index (κ2) is 7.12. The van der Waals surface area contributed by atoms with Gasteiger partial charge in [0.2, 0.25) is 5.91 Å². The largest absolute Gasteiger partial charge is 0.364 e. The number of aromatic nitrogens is 2. The first-order chi connectivity index (χ1) is 11.0. The van der Waals surface area contributed by atoms with E-state index < -0.39 is 11.3 Å². The fourth-order valence-corrected chi connectivity index (χ4v) is 3.35. The van der Waals surface area contributed by atoms with E-state index in [1.807, 2.05) is 18.7 Å². The molecule has 5 N–H and O–H groups in total. The number of likely N-dealkylation sites (tertiary alicyclic amines) is 1. The molecule has 0 radical (unpaired) electrons. The van der Waals surface area contributed by atoms with Crippen LogP contribution in [0, 0.1) is 5.41 Å². The summed E-state index contributed by atoms with van der Waals surface area (Å²) in [5.74, 6) is -0.253. The van der Waals surface area contributed by atoms with Gasteiger partial charge in [-0.25, -0.2) is 0 Å². The molecule has 23 heavy (non-hydrogen) atoms. The molecule has 128 valence electrons. The Bertz CT molecular complexity index is 556. The number of nitrogens with one attached hydrogen (secondary N) is 1. The second-order valence-corrected chi connectivity index (χ2v) is 6.35. The van der Waals surface area contributed by atoms with Crippen LogP contribution in [-0.2, 0) is 4.79 Å². The van der Waals surface area contributed by atoms with Crippen LogP contribution >= 0.6 is 0 Å². The van der Waals surface area contributed by atoms with Gasteiger partial charge >= 0.3 is 0 Å². The number of nitrogens with zero attached hydrogens (tertiary/aromatic N) is 2. The zero-order valence-electron chi connectivity index (χ0n) is 14.0. The minimum absolute atomic E-state index is 0.143. The number of carbonyl (C=O) groups is 2. The lowest BCUT2D eigenvalue weighted by Gasteiger charge is -2.39. The zero-order valence-corrected chi connectivity index (χ0v) is 14.0. The maximum Gasteiger partial charge on any atom is 0.269 e. The smallest absolute Gasteiger partial charge is 0.269 e. The van der Waals surface area contributed by atoms with Crippen molar-refractivity contribution in [2.24, 2.45) is 16.9 Å². The van der Waals surface area contributed by atoms with Gasteiger partial charge in [-0.2, -0.15) is 5.10 Å². The normalized spacial score (nSPS) is 18.9. The molecule has 7 nitrogen and oxygen atoms in total. The molecular weight excluding hydrogens is 294 g/mol. The molecule has 1 atom stereocenters. The summed E-state index contributed by atoms with van der Waals surface area (Å²) < 4.78 is 0. The number of rotatable bonds is 6. The Labute approximate surface area is 136 Å². The maximum absolute atomic E-state index is 12.9. The van der Waals surface area contributed by atoms with Gasteiger partial charge in [-0.15, -0.1) is 0 Å². The number of amides is 2. The third-order valence-corrected chi connectivity index (χ3v) is 5.20. The van der Waals surface area contributed by atoms with E-state index in [1.165, 1.54) is 0 Å². The van der Waals surface area contributed by atoms with Gasteiger partial charge in [0, 0.05) is 31.2 Å². The molecule has 1 aliphatic rings. The minimum atomic E-state index is -0.546. The number of hydrogen-bond donors (Lipinski definition) is 3. The van der Waals surface area contributed by atoms with Crippen LogP contribution < -0.4 is 11.5 Å². The summed E-state index contributed by atoms with van der Waals surface area (Å²) in [6, 6.07) is 1.69. The first kappa shape index (κ1) is 17.5. The fraction of sp³-hybridized carbons (Fsp3) is 0.688. The van der Waals surface area contributed by atoms with Crippen LogP contribution in [0.3, 0.4) is 0 Å². The molecule has 1 unspecified atom stereocenters. The lowest BCUT2D eigenvalue weighted by Crippen LogP contribution is -2.50. The van der Waals surface area contributed by atoms with E-state index in [9.17, 15) is 9.59 Å². The van der Waals surface area contributed by atoms with Gasteiger partial charge in [0.1, 0.15) is 5.69 Å². The van der Waals surface area contributed by atoms with Crippen molar-refractivity contribution >= 4 is 11.8 Å². The van der Waals surface area contributed by atoms with E-state index in [0.717, 1.165) is 37.9 Å². The molecule has 2 rings (SSSR count). The summed E-state index contributed by atoms with van der Waals surface area (Å²) >= 11 is 0. The summed E-state index contributed by atoms with van der Waals surface area (Å²) in [5.41, 5.74) is 11.8. The van der Waals surface area contributed by atoms with E-state index in [2.05, 4.69) is 10.2 Å². The molecule has 0 spiro atoms. The third-order valence-electron chi connectivity index (χ3n) is 5.20. The fourth-order valence-electron chi connectivity index (χ4n) is 3.35. The van der Waals surface area contributed by atoms with E-state index in [1.54, 1.807) is 6.07 Å². The van der Waals surface area contributed by atoms with Crippen molar-refractivity contribution in [1.82, 2.24) is 15.1 Å². The van der Waals surface area contributed by atoms with Gasteiger partial charge in [0.15, 0.2) is 0 Å². The summed E-state index contributed by atoms with van der Waals surface area (Å²) in [6.07, 6.45) is 3.37. The molecule has 0 aliphatic carbocycles. The molecule has 1 aromatic heterocycles. The topological polar surface area (TPSA) is 118 Å². The summed E-state index contributed by atoms with van der Waals surface area (Å²) in [4.78, 5) is 26.0. The Morgan fingerprint density at radius 3 is 2.65 bits per heavy atom. The molecule has 0 aromatic carbocycles. The van der Waals surface area contributed by atoms with Gasteiger partial charge in [0.25, 0.3) is 5.91 Å². The van der Waals surface area contributed by atoms with Crippen LogP contribution in [0.4, 0.5) is 0 Å². The van der Waals surface area contributed by atoms with Gasteiger partial charge in [-0.3, -0.25) is 14.7 Å². The highest BCUT2D eigenvalue weighted by Gasteiger charge is 2.38. The van der Waals surface area contributed by atoms with Crippen LogP contribution in [0.2, 0.25) is 0 Å². The molecule has 1 aliphatic heterocycles. The Morgan fingerprint density at radius 1 is 1.43 bits per heavy atom. The number of aromatic amines is 1. The number of hydrogen-bond acceptors (Lipinski definition) is 4. The highest BCUT2D eigenvalue weighted by atomic mass is 16.2. The molecule has 0 saturated carbocycles. The van der Waals surface area contributed by atoms with Crippen molar-refractivity contribution in [3.63, 3.8) is 0 Å². The zero-order chi connectivity index (χ0) is 17.0. The van der Waals surface area contributed by atoms with E-state index >= 15 is 0 Å². The average Bonchev–Trinajstić information content (AvgIpc) is 3.07. The molecule has 7 heteroatoms. The van der Waals surface area contributed by atoms with Gasteiger partial charge in [-0.1, -0.05) is 13.8 Å². The van der Waals surface area contributed by atoms with Crippen LogP contribution in [0.15, 0.2) is 6.07 Å². The average molecular weight is 321 g/mol. The lowest BCUT2D eigenvalue weighted by atomic mass is 9.80. The minimum Gasteiger partial charge on any atom is -0.364 e. The van der Waals surface area contributed by atoms with Crippen molar-refractivity contribution in [1.29, 1.82) is 0 Å². The first-order valence-electron chi connectivity index (χ1n) is 8.32. The quantitative estimate of drug-likeness (QED) is 0.723. The van der Waals surface area contributed by atoms with Crippen molar-refractivity contribution in [2.75, 3.05) is 19.6 Å². The number of nitrogens with two attached hydrogens (primary N) is 2. The Kier molecular flexibility index (Phi) is 5.41. The summed E-state index contributed by atoms with van der Waals surface area (Å²) in [7, 11) is 0. The van der Waals surface area contributed by atoms with Crippen LogP contribution in [0.1, 0.15) is 61.6 Å². The Balaban J connectivity index is 2.13. The first-order valence-corrected chi connectivity index (χ1v) is 8.32. The molecular formula is C16H27N5O2. The monoisotopic (exact) mass is 321 g/mol. The molecule has 2 heterocycles. The Hall–Kier alpha value is -1.89. The van der Waals surface area contributed by atoms with Crippen molar-refractivity contribution in [2.45, 2.75) is 45.4 Å². The van der Waals surface area contributed by atoms with Crippen molar-refractivity contribution in [3.05, 3.63) is 17.5 Å². The highest BCUT2D eigenvalue weighted by molar-refractivity contribution is 5.90. The second-order valence-electron chi connectivity index (χ2n) is 6.35. The van der Waals surface area contributed by atoms with E-state index in [-0.39, 0.29) is 17.5 Å². The summed E-state index contributed by atoms with van der Waals surface area (Å²) in [6.45, 7) is 5.79. The van der Waals surface area contributed by atoms with Gasteiger partial charge in [-0.05, 0) is 31.7 Å². The predicted octanol–water partition coefficient (Wildman–Crippen LogP) is 0.980. The van der Waals surface area contributed by atoms with Crippen molar-refractivity contribution < 1.29 is 9.59 Å². The van der Waals surface area contributed by atoms with Crippen LogP contribution in [0.5, 0.6) is 0 Å². The maximum atomic E-state index is 12.9. The number of H-pyrrole nitrogens is 1. The number of carbonyl (C=O) groups excluding carboxylic acids is 2. The summed E-state index contributed by atoms with van der Waals surface area (Å²) in [5, 5.41) is 6.82. The van der Waals surface area contributed by atoms with Crippen LogP contribution in [0.25, 0.3) is 0 Å². The third kappa shape index (κ3) is 3.39. The molecule has 1 fully saturated rings. The van der Waals surface area contributed by atoms with Gasteiger partial charge < -0.3 is 16.4 Å². The lowest BCUT2D eigenvalue weighted by molar-refractivity contribution is -0.143. The predicted molar refractivity (Wildman–Crippen MR) is 87.7 cm³/mol. The molecule has 2 amide bonds. The van der Waals surface area contributed by atoms with E-state index in [4.69, 9.17) is 11.5 Å². The SMILES string of the molecule is CCC(CC)(CN)C(=O)N1CCCC(c2cc(C(N)=O)n[nH]2)C1. The highest BCUT2D eigenvalue weighted by Crippen LogP contribution is 2.32. The number of primary amides is 1. The van der Waals surface area contributed by atoms with Crippen molar-refractivity contribution in [3.8, 4) is 0 Å². The molecule has 1 saturated heterocycles. The van der Waals surface area contributed by atoms with Crippen LogP contribution in [-0.4, -0.2) is 46.5 Å². The van der Waals surface area contributed by atoms with E-state index in [0.29, 0.717) is 13.1 Å². The standard InChI is InChI=1S/C16H27N5O2/c1-3-16(4-2,10-17)15(23)21-7-5-6-11(9-21)12-8-13(14(18)22)20-19-12/h8,11H,3-7,9-10,17H2,1-2H3,(H2,18,22)(H,19,20). The molecule has 1 aromatic rings. The number of piperidine rings is 1.